The Morgan fingerprint density at radius 2 is 2.19 bits per heavy atom. The van der Waals surface area contributed by atoms with Gasteiger partial charge in [-0.15, -0.1) is 11.8 Å². The molecule has 0 aromatic carbocycles. The Bertz CT molecular complexity index is 458. The van der Waals surface area contributed by atoms with Gasteiger partial charge in [-0.1, -0.05) is 25.2 Å². The number of nitrogens with two attached hydrogens (primary N) is 1. The molecule has 0 spiro atoms. The molecule has 0 radical (unpaired) electrons. The zero-order chi connectivity index (χ0) is 11.7. The van der Waals surface area contributed by atoms with Gasteiger partial charge >= 0.3 is 5.97 Å². The lowest BCUT2D eigenvalue weighted by molar-refractivity contribution is -0.132. The SMILES string of the molecule is CCC1=CC=CC=C2SC(N)C(C(=O)O)=C12. The molecule has 0 bridgehead atoms. The Kier molecular flexibility index (Phi) is 3.03. The van der Waals surface area contributed by atoms with E-state index in [-0.39, 0.29) is 0 Å². The molecule has 2 aliphatic rings. The van der Waals surface area contributed by atoms with Gasteiger partial charge in [0.1, 0.15) is 0 Å². The Balaban J connectivity index is 2.61. The number of hydrogen-bond acceptors (Lipinski definition) is 3. The summed E-state index contributed by atoms with van der Waals surface area (Å²) in [5, 5.41) is 8.74. The molecule has 0 aromatic heterocycles. The Morgan fingerprint density at radius 1 is 1.50 bits per heavy atom. The van der Waals surface area contributed by atoms with Crippen LogP contribution in [0.15, 0.2) is 45.9 Å². The number of carboxylic acids is 1. The highest BCUT2D eigenvalue weighted by atomic mass is 32.2. The number of thioether (sulfide) groups is 1. The van der Waals surface area contributed by atoms with Gasteiger partial charge in [0.25, 0.3) is 0 Å². The number of aliphatic carboxylic acids is 1. The van der Waals surface area contributed by atoms with E-state index in [1.54, 1.807) is 0 Å². The van der Waals surface area contributed by atoms with Crippen LogP contribution in [0.2, 0.25) is 0 Å². The Morgan fingerprint density at radius 3 is 2.81 bits per heavy atom. The molecule has 1 heterocycles. The van der Waals surface area contributed by atoms with Gasteiger partial charge in [-0.25, -0.2) is 4.79 Å². The number of carbonyl (C=O) groups is 1. The minimum Gasteiger partial charge on any atom is -0.478 e. The second-order valence-corrected chi connectivity index (χ2v) is 4.78. The summed E-state index contributed by atoms with van der Waals surface area (Å²) in [6.07, 6.45) is 8.54. The lowest BCUT2D eigenvalue weighted by atomic mass is 9.97. The van der Waals surface area contributed by atoms with Crippen LogP contribution in [0.5, 0.6) is 0 Å². The summed E-state index contributed by atoms with van der Waals surface area (Å²) in [5.74, 6) is -0.917. The first-order chi connectivity index (χ1) is 7.65. The van der Waals surface area contributed by atoms with E-state index in [1.165, 1.54) is 11.8 Å². The van der Waals surface area contributed by atoms with Gasteiger partial charge in [0.05, 0.1) is 10.9 Å². The number of fused-ring (bicyclic) bond motifs is 1. The molecule has 3 N–H and O–H groups in total. The maximum Gasteiger partial charge on any atom is 0.334 e. The highest BCUT2D eigenvalue weighted by molar-refractivity contribution is 8.04. The molecule has 0 saturated carbocycles. The molecule has 1 aliphatic heterocycles. The van der Waals surface area contributed by atoms with E-state index in [9.17, 15) is 9.90 Å². The van der Waals surface area contributed by atoms with Crippen molar-refractivity contribution in [3.63, 3.8) is 0 Å². The molecule has 84 valence electrons. The maximum atomic E-state index is 11.2. The van der Waals surface area contributed by atoms with Gasteiger partial charge in [-0.05, 0) is 18.1 Å². The molecule has 0 saturated heterocycles. The van der Waals surface area contributed by atoms with Crippen molar-refractivity contribution in [1.29, 1.82) is 0 Å². The Hall–Kier alpha value is -1.26. The summed E-state index contributed by atoms with van der Waals surface area (Å²) >= 11 is 1.41. The number of allylic oxidation sites excluding steroid dienone is 6. The second-order valence-electron chi connectivity index (χ2n) is 3.59. The van der Waals surface area contributed by atoms with Crippen LogP contribution in [-0.4, -0.2) is 16.4 Å². The van der Waals surface area contributed by atoms with Crippen molar-refractivity contribution in [2.24, 2.45) is 5.73 Å². The molecule has 1 atom stereocenters. The first kappa shape index (κ1) is 11.2. The second kappa shape index (κ2) is 4.31. The van der Waals surface area contributed by atoms with Crippen LogP contribution in [0.4, 0.5) is 0 Å². The normalized spacial score (nSPS) is 23.8. The predicted molar refractivity (Wildman–Crippen MR) is 65.8 cm³/mol. The van der Waals surface area contributed by atoms with Gasteiger partial charge in [0, 0.05) is 10.5 Å². The summed E-state index contributed by atoms with van der Waals surface area (Å²) in [6, 6.07) is 0. The predicted octanol–water partition coefficient (Wildman–Crippen LogP) is 2.19. The zero-order valence-corrected chi connectivity index (χ0v) is 9.75. The van der Waals surface area contributed by atoms with Crippen molar-refractivity contribution in [3.8, 4) is 0 Å². The maximum absolute atomic E-state index is 11.2. The average Bonchev–Trinajstić information content (AvgIpc) is 2.43. The van der Waals surface area contributed by atoms with Gasteiger partial charge in [0.15, 0.2) is 0 Å². The molecule has 0 amide bonds. The molecule has 1 unspecified atom stereocenters. The van der Waals surface area contributed by atoms with E-state index in [2.05, 4.69) is 0 Å². The fraction of sp³-hybridized carbons (Fsp3) is 0.250. The van der Waals surface area contributed by atoms with Crippen LogP contribution in [0, 0.1) is 0 Å². The molecular formula is C12H13NO2S. The number of hydrogen-bond donors (Lipinski definition) is 2. The van der Waals surface area contributed by atoms with Crippen molar-refractivity contribution in [2.75, 3.05) is 0 Å². The molecular weight excluding hydrogens is 222 g/mol. The minimum absolute atomic E-state index is 0.327. The summed E-state index contributed by atoms with van der Waals surface area (Å²) in [7, 11) is 0. The first-order valence-corrected chi connectivity index (χ1v) is 6.01. The van der Waals surface area contributed by atoms with E-state index in [1.807, 2.05) is 31.2 Å². The quantitative estimate of drug-likeness (QED) is 0.770. The third-order valence-corrected chi connectivity index (χ3v) is 3.73. The van der Waals surface area contributed by atoms with Crippen LogP contribution in [0.25, 0.3) is 0 Å². The summed E-state index contributed by atoms with van der Waals surface area (Å²) < 4.78 is 0. The van der Waals surface area contributed by atoms with E-state index in [0.29, 0.717) is 5.57 Å². The highest BCUT2D eigenvalue weighted by Crippen LogP contribution is 2.44. The van der Waals surface area contributed by atoms with Crippen molar-refractivity contribution < 1.29 is 9.90 Å². The zero-order valence-electron chi connectivity index (χ0n) is 8.93. The largest absolute Gasteiger partial charge is 0.478 e. The third-order valence-electron chi connectivity index (χ3n) is 2.64. The molecule has 16 heavy (non-hydrogen) atoms. The van der Waals surface area contributed by atoms with Crippen LogP contribution >= 0.6 is 11.8 Å². The van der Waals surface area contributed by atoms with Gasteiger partial charge in [0.2, 0.25) is 0 Å². The first-order valence-electron chi connectivity index (χ1n) is 5.13. The summed E-state index contributed by atoms with van der Waals surface area (Å²) in [5.41, 5.74) is 8.02. The van der Waals surface area contributed by atoms with E-state index < -0.39 is 11.3 Å². The summed E-state index contributed by atoms with van der Waals surface area (Å²) in [4.78, 5) is 12.2. The standard InChI is InChI=1S/C12H13NO2S/c1-2-7-5-3-4-6-8-9(7)10(12(14)15)11(13)16-8/h3-6,11H,2,13H2,1H3,(H,14,15). The van der Waals surface area contributed by atoms with Crippen molar-refractivity contribution >= 4 is 17.7 Å². The fourth-order valence-corrected chi connectivity index (χ4v) is 3.03. The average molecular weight is 235 g/mol. The van der Waals surface area contributed by atoms with E-state index in [4.69, 9.17) is 5.73 Å². The fourth-order valence-electron chi connectivity index (χ4n) is 1.90. The molecule has 1 aliphatic carbocycles. The highest BCUT2D eigenvalue weighted by Gasteiger charge is 2.33. The smallest absolute Gasteiger partial charge is 0.334 e. The number of carboxylic acid groups (broad SMARTS) is 1. The van der Waals surface area contributed by atoms with E-state index >= 15 is 0 Å². The van der Waals surface area contributed by atoms with Crippen LogP contribution < -0.4 is 5.73 Å². The van der Waals surface area contributed by atoms with Gasteiger partial charge < -0.3 is 10.8 Å². The topological polar surface area (TPSA) is 63.3 Å². The van der Waals surface area contributed by atoms with Crippen LogP contribution in [-0.2, 0) is 4.79 Å². The van der Waals surface area contributed by atoms with Gasteiger partial charge in [-0.2, -0.15) is 0 Å². The monoisotopic (exact) mass is 235 g/mol. The molecule has 2 rings (SSSR count). The van der Waals surface area contributed by atoms with Crippen LogP contribution in [0.3, 0.4) is 0 Å². The third kappa shape index (κ3) is 1.74. The van der Waals surface area contributed by atoms with Crippen molar-refractivity contribution in [3.05, 3.63) is 45.9 Å². The molecule has 4 heteroatoms. The summed E-state index contributed by atoms with van der Waals surface area (Å²) in [6.45, 7) is 2.02. The lowest BCUT2D eigenvalue weighted by Crippen LogP contribution is -2.21. The molecule has 0 aromatic rings. The molecule has 0 fully saturated rings. The Labute approximate surface area is 98.4 Å². The minimum atomic E-state index is -0.917. The van der Waals surface area contributed by atoms with Crippen molar-refractivity contribution in [2.45, 2.75) is 18.7 Å². The van der Waals surface area contributed by atoms with E-state index in [0.717, 1.165) is 22.5 Å². The van der Waals surface area contributed by atoms with Crippen molar-refractivity contribution in [1.82, 2.24) is 0 Å². The van der Waals surface area contributed by atoms with Gasteiger partial charge in [-0.3, -0.25) is 0 Å². The van der Waals surface area contributed by atoms with Crippen LogP contribution in [0.1, 0.15) is 13.3 Å². The molecule has 3 nitrogen and oxygen atoms in total. The lowest BCUT2D eigenvalue weighted by Gasteiger charge is -2.07. The number of rotatable bonds is 2.